The normalized spacial score (nSPS) is 12.2. The van der Waals surface area contributed by atoms with Crippen molar-refractivity contribution in [3.05, 3.63) is 58.0 Å². The van der Waals surface area contributed by atoms with Gasteiger partial charge >= 0.3 is 0 Å². The van der Waals surface area contributed by atoms with Crippen LogP contribution in [0.5, 0.6) is 0 Å². The smallest absolute Gasteiger partial charge is 0.278 e. The molecular formula is C21H26N4O2S. The number of benzene rings is 1. The van der Waals surface area contributed by atoms with Crippen LogP contribution in [-0.2, 0) is 11.3 Å². The predicted molar refractivity (Wildman–Crippen MR) is 114 cm³/mol. The summed E-state index contributed by atoms with van der Waals surface area (Å²) < 4.78 is 1.68. The third-order valence-corrected chi connectivity index (χ3v) is 5.56. The van der Waals surface area contributed by atoms with Gasteiger partial charge in [-0.2, -0.15) is 0 Å². The van der Waals surface area contributed by atoms with Gasteiger partial charge in [-0.05, 0) is 31.9 Å². The number of H-pyrrole nitrogens is 1. The van der Waals surface area contributed by atoms with Gasteiger partial charge in [-0.15, -0.1) is 0 Å². The van der Waals surface area contributed by atoms with Gasteiger partial charge in [0.1, 0.15) is 5.52 Å². The minimum Gasteiger partial charge on any atom is -0.353 e. The van der Waals surface area contributed by atoms with Crippen molar-refractivity contribution >= 4 is 28.7 Å². The molecule has 0 fully saturated rings. The Balaban J connectivity index is 1.75. The molecule has 0 bridgehead atoms. The van der Waals surface area contributed by atoms with E-state index < -0.39 is 0 Å². The van der Waals surface area contributed by atoms with Gasteiger partial charge in [-0.3, -0.25) is 14.2 Å². The molecule has 0 aliphatic rings. The predicted octanol–water partition coefficient (Wildman–Crippen LogP) is 3.80. The van der Waals surface area contributed by atoms with Crippen molar-refractivity contribution in [2.75, 3.05) is 5.75 Å². The molecule has 3 rings (SSSR count). The van der Waals surface area contributed by atoms with Gasteiger partial charge in [0.2, 0.25) is 5.91 Å². The molecular weight excluding hydrogens is 372 g/mol. The van der Waals surface area contributed by atoms with Crippen LogP contribution in [0.4, 0.5) is 0 Å². The molecule has 2 aromatic heterocycles. The van der Waals surface area contributed by atoms with Crippen molar-refractivity contribution in [2.24, 2.45) is 0 Å². The Hall–Kier alpha value is -2.54. The van der Waals surface area contributed by atoms with Gasteiger partial charge in [0.15, 0.2) is 5.16 Å². The van der Waals surface area contributed by atoms with E-state index >= 15 is 0 Å². The van der Waals surface area contributed by atoms with E-state index in [-0.39, 0.29) is 23.3 Å². The Labute approximate surface area is 168 Å². The first-order valence-corrected chi connectivity index (χ1v) is 10.6. The van der Waals surface area contributed by atoms with Crippen LogP contribution in [0, 0.1) is 6.92 Å². The topological polar surface area (TPSA) is 79.8 Å². The minimum absolute atomic E-state index is 0.0700. The minimum atomic E-state index is -0.0806. The number of aromatic amines is 1. The highest BCUT2D eigenvalue weighted by molar-refractivity contribution is 7.99. The Morgan fingerprint density at radius 1 is 1.32 bits per heavy atom. The molecule has 2 heterocycles. The summed E-state index contributed by atoms with van der Waals surface area (Å²) in [5.41, 5.74) is 3.06. The van der Waals surface area contributed by atoms with Gasteiger partial charge in [0.05, 0.1) is 17.3 Å². The Morgan fingerprint density at radius 3 is 2.79 bits per heavy atom. The average Bonchev–Trinajstić information content (AvgIpc) is 3.07. The monoisotopic (exact) mass is 398 g/mol. The highest BCUT2D eigenvalue weighted by atomic mass is 32.2. The lowest BCUT2D eigenvalue weighted by Gasteiger charge is -2.15. The second-order valence-corrected chi connectivity index (χ2v) is 7.85. The number of thioether (sulfide) groups is 1. The number of fused-ring (bicyclic) bond motifs is 1. The summed E-state index contributed by atoms with van der Waals surface area (Å²) in [5.74, 6) is 0.132. The van der Waals surface area contributed by atoms with E-state index in [1.54, 1.807) is 4.57 Å². The molecule has 0 saturated heterocycles. The number of unbranched alkanes of at least 4 members (excludes halogenated alkanes) is 1. The average molecular weight is 399 g/mol. The summed E-state index contributed by atoms with van der Waals surface area (Å²) in [4.78, 5) is 33.0. The summed E-state index contributed by atoms with van der Waals surface area (Å²) in [5, 5.41) is 3.59. The molecule has 0 aliphatic heterocycles. The van der Waals surface area contributed by atoms with E-state index in [2.05, 4.69) is 22.2 Å². The number of carbonyl (C=O) groups excluding carboxylic acids is 1. The molecule has 28 heavy (non-hydrogen) atoms. The van der Waals surface area contributed by atoms with Gasteiger partial charge in [-0.25, -0.2) is 4.98 Å². The highest BCUT2D eigenvalue weighted by Gasteiger charge is 2.15. The zero-order valence-corrected chi connectivity index (χ0v) is 17.3. The number of rotatable bonds is 8. The van der Waals surface area contributed by atoms with Gasteiger partial charge in [-0.1, -0.05) is 55.4 Å². The summed E-state index contributed by atoms with van der Waals surface area (Å²) in [6.45, 7) is 6.55. The van der Waals surface area contributed by atoms with Crippen molar-refractivity contribution in [1.82, 2.24) is 19.9 Å². The zero-order chi connectivity index (χ0) is 20.1. The molecule has 148 valence electrons. The van der Waals surface area contributed by atoms with Crippen LogP contribution < -0.4 is 10.9 Å². The standard InChI is InChI=1S/C21H26N4O2S/c1-4-5-11-25-20(27)19-17(12-14(2)22-19)24-21(25)28-13-18(26)23-15(3)16-9-7-6-8-10-16/h6-10,12,15,22H,4-5,11,13H2,1-3H3,(H,23,26)/t15-/m0/s1. The number of nitrogens with one attached hydrogen (secondary N) is 2. The zero-order valence-electron chi connectivity index (χ0n) is 16.5. The van der Waals surface area contributed by atoms with Crippen LogP contribution in [0.15, 0.2) is 46.3 Å². The highest BCUT2D eigenvalue weighted by Crippen LogP contribution is 2.19. The fourth-order valence-electron chi connectivity index (χ4n) is 3.07. The molecule has 6 nitrogen and oxygen atoms in total. The molecule has 3 aromatic rings. The summed E-state index contributed by atoms with van der Waals surface area (Å²) in [6.07, 6.45) is 1.87. The molecule has 7 heteroatoms. The molecule has 0 radical (unpaired) electrons. The second kappa shape index (κ2) is 9.10. The first-order valence-electron chi connectivity index (χ1n) is 9.57. The van der Waals surface area contributed by atoms with Gasteiger partial charge < -0.3 is 10.3 Å². The summed E-state index contributed by atoms with van der Waals surface area (Å²) in [6, 6.07) is 11.6. The van der Waals surface area contributed by atoms with E-state index in [0.717, 1.165) is 24.1 Å². The van der Waals surface area contributed by atoms with E-state index in [0.29, 0.717) is 22.7 Å². The first-order chi connectivity index (χ1) is 13.5. The molecule has 0 spiro atoms. The van der Waals surface area contributed by atoms with E-state index in [9.17, 15) is 9.59 Å². The Morgan fingerprint density at radius 2 is 2.07 bits per heavy atom. The molecule has 0 saturated carbocycles. The van der Waals surface area contributed by atoms with Crippen LogP contribution in [-0.4, -0.2) is 26.2 Å². The van der Waals surface area contributed by atoms with E-state index in [1.165, 1.54) is 11.8 Å². The third-order valence-electron chi connectivity index (χ3n) is 4.58. The quantitative estimate of drug-likeness (QED) is 0.447. The van der Waals surface area contributed by atoms with E-state index in [4.69, 9.17) is 0 Å². The van der Waals surface area contributed by atoms with Crippen molar-refractivity contribution in [3.63, 3.8) is 0 Å². The van der Waals surface area contributed by atoms with Crippen LogP contribution >= 0.6 is 11.8 Å². The molecule has 1 amide bonds. The van der Waals surface area contributed by atoms with Crippen molar-refractivity contribution in [1.29, 1.82) is 0 Å². The molecule has 1 atom stereocenters. The van der Waals surface area contributed by atoms with Crippen molar-refractivity contribution in [2.45, 2.75) is 51.4 Å². The fraction of sp³-hybridized carbons (Fsp3) is 0.381. The number of hydrogen-bond acceptors (Lipinski definition) is 4. The molecule has 0 aliphatic carbocycles. The fourth-order valence-corrected chi connectivity index (χ4v) is 3.91. The third kappa shape index (κ3) is 4.65. The van der Waals surface area contributed by atoms with Crippen LogP contribution in [0.2, 0.25) is 0 Å². The number of carbonyl (C=O) groups is 1. The molecule has 1 aromatic carbocycles. The lowest BCUT2D eigenvalue weighted by molar-refractivity contribution is -0.119. The molecule has 2 N–H and O–H groups in total. The van der Waals surface area contributed by atoms with Gasteiger partial charge in [0.25, 0.3) is 5.56 Å². The lowest BCUT2D eigenvalue weighted by Crippen LogP contribution is -2.29. The number of aryl methyl sites for hydroxylation is 1. The summed E-state index contributed by atoms with van der Waals surface area (Å²) in [7, 11) is 0. The Kier molecular flexibility index (Phi) is 6.57. The number of hydrogen-bond donors (Lipinski definition) is 2. The maximum Gasteiger partial charge on any atom is 0.278 e. The number of nitrogens with zero attached hydrogens (tertiary/aromatic N) is 2. The maximum absolute atomic E-state index is 12.9. The lowest BCUT2D eigenvalue weighted by atomic mass is 10.1. The SMILES string of the molecule is CCCCn1c(SCC(=O)N[C@@H](C)c2ccccc2)nc2cc(C)[nH]c2c1=O. The van der Waals surface area contributed by atoms with Crippen LogP contribution in [0.1, 0.15) is 44.0 Å². The number of amides is 1. The number of aromatic nitrogens is 3. The Bertz CT molecular complexity index is 1010. The largest absolute Gasteiger partial charge is 0.353 e. The maximum atomic E-state index is 12.9. The van der Waals surface area contributed by atoms with Crippen molar-refractivity contribution < 1.29 is 4.79 Å². The van der Waals surface area contributed by atoms with Gasteiger partial charge in [0, 0.05) is 12.2 Å². The molecule has 0 unspecified atom stereocenters. The van der Waals surface area contributed by atoms with Crippen molar-refractivity contribution in [3.8, 4) is 0 Å². The van der Waals surface area contributed by atoms with Crippen LogP contribution in [0.25, 0.3) is 11.0 Å². The summed E-state index contributed by atoms with van der Waals surface area (Å²) >= 11 is 1.31. The second-order valence-electron chi connectivity index (χ2n) is 6.91. The van der Waals surface area contributed by atoms with E-state index in [1.807, 2.05) is 50.2 Å². The van der Waals surface area contributed by atoms with Crippen LogP contribution in [0.3, 0.4) is 0 Å². The first kappa shape index (κ1) is 20.2.